The molecule has 0 aromatic heterocycles. The van der Waals surface area contributed by atoms with Crippen LogP contribution in [0, 0.1) is 0 Å². The molecule has 112 valence electrons. The third-order valence-electron chi connectivity index (χ3n) is 1.16. The van der Waals surface area contributed by atoms with Crippen molar-refractivity contribution in [3.63, 3.8) is 0 Å². The van der Waals surface area contributed by atoms with Crippen LogP contribution in [0.25, 0.3) is 0 Å². The van der Waals surface area contributed by atoms with E-state index in [9.17, 15) is 35.2 Å². The van der Waals surface area contributed by atoms with Crippen molar-refractivity contribution in [3.05, 3.63) is 0 Å². The van der Waals surface area contributed by atoms with E-state index in [-0.39, 0.29) is 20.3 Å². The van der Waals surface area contributed by atoms with E-state index < -0.39 is 44.1 Å². The van der Waals surface area contributed by atoms with Crippen LogP contribution >= 0.6 is 0 Å². The Morgan fingerprint density at radius 2 is 1.50 bits per heavy atom. The summed E-state index contributed by atoms with van der Waals surface area (Å²) >= 11 is 0. The summed E-state index contributed by atoms with van der Waals surface area (Å²) in [4.78, 5) is 21.0. The average molecular weight is 336 g/mol. The molecule has 0 rings (SSSR count). The van der Waals surface area contributed by atoms with Gasteiger partial charge in [0, 0.05) is 0 Å². The summed E-state index contributed by atoms with van der Waals surface area (Å²) in [7, 11) is -16.0. The molecule has 0 amide bonds. The smallest absolute Gasteiger partial charge is 1.00 e. The Kier molecular flexibility index (Phi) is 7.32. The van der Waals surface area contributed by atoms with Crippen molar-refractivity contribution < 1.29 is 78.9 Å². The van der Waals surface area contributed by atoms with Gasteiger partial charge in [0.1, 0.15) is 0 Å². The van der Waals surface area contributed by atoms with Crippen LogP contribution in [0.3, 0.4) is 0 Å². The monoisotopic (exact) mass is 336 g/mol. The minimum absolute atomic E-state index is 0. The molecule has 0 saturated heterocycles. The molecule has 0 aliphatic rings. The first-order valence-electron chi connectivity index (χ1n) is 3.62. The largest absolute Gasteiger partial charge is 1.00 e. The van der Waals surface area contributed by atoms with Crippen LogP contribution in [0.4, 0.5) is 8.78 Å². The zero-order valence-corrected chi connectivity index (χ0v) is 10.9. The van der Waals surface area contributed by atoms with Gasteiger partial charge in [-0.05, 0) is 0 Å². The molecule has 0 atom stereocenters. The van der Waals surface area contributed by atoms with Crippen LogP contribution in [-0.4, -0.2) is 55.3 Å². The number of carbonyl (C=O) groups excluding carboxylic acids is 2. The van der Waals surface area contributed by atoms with Crippen molar-refractivity contribution in [2.24, 2.45) is 0 Å². The second-order valence-electron chi connectivity index (χ2n) is 2.49. The molecular weight excluding hydrogens is 332 g/mol. The van der Waals surface area contributed by atoms with E-state index in [0.29, 0.717) is 0 Å². The van der Waals surface area contributed by atoms with Crippen molar-refractivity contribution in [1.29, 1.82) is 0 Å². The number of rotatable bonds is 4. The predicted molar refractivity (Wildman–Crippen MR) is 48.9 cm³/mol. The molecule has 0 aromatic rings. The SMILES string of the molecule is O=C(OB(O)O)C(=O)OS(=O)(=O)C(F)(F)S(=O)(=O)O.[H-].[Li+]. The van der Waals surface area contributed by atoms with Gasteiger partial charge in [0.05, 0.1) is 0 Å². The van der Waals surface area contributed by atoms with Crippen molar-refractivity contribution in [2.75, 3.05) is 0 Å². The fraction of sp³-hybridized carbons (Fsp3) is 0.333. The summed E-state index contributed by atoms with van der Waals surface area (Å²) in [5.41, 5.74) is 0. The van der Waals surface area contributed by atoms with E-state index in [4.69, 9.17) is 14.6 Å². The van der Waals surface area contributed by atoms with Gasteiger partial charge in [-0.2, -0.15) is 25.6 Å². The molecule has 0 aliphatic carbocycles. The molecular formula is C3H4BF2LiO11S2. The molecule has 0 saturated carbocycles. The van der Waals surface area contributed by atoms with E-state index in [1.165, 1.54) is 0 Å². The average Bonchev–Trinajstić information content (AvgIpc) is 2.13. The van der Waals surface area contributed by atoms with Crippen LogP contribution in [0.2, 0.25) is 0 Å². The zero-order chi connectivity index (χ0) is 15.6. The second kappa shape index (κ2) is 6.80. The van der Waals surface area contributed by atoms with Gasteiger partial charge in [0.15, 0.2) is 0 Å². The Bertz CT molecular complexity index is 587. The maximum absolute atomic E-state index is 12.6. The normalized spacial score (nSPS) is 12.1. The minimum atomic E-state index is -6.58. The molecule has 20 heavy (non-hydrogen) atoms. The van der Waals surface area contributed by atoms with Gasteiger partial charge < -0.3 is 20.3 Å². The number of alkyl halides is 2. The first-order valence-corrected chi connectivity index (χ1v) is 6.47. The maximum atomic E-state index is 12.6. The molecule has 17 heteroatoms. The molecule has 0 unspecified atom stereocenters. The summed E-state index contributed by atoms with van der Waals surface area (Å²) in [6.45, 7) is 0. The van der Waals surface area contributed by atoms with E-state index in [2.05, 4.69) is 8.84 Å². The molecule has 3 N–H and O–H groups in total. The third-order valence-corrected chi connectivity index (χ3v) is 3.95. The van der Waals surface area contributed by atoms with Gasteiger partial charge in [-0.15, -0.1) is 0 Å². The molecule has 11 nitrogen and oxygen atoms in total. The van der Waals surface area contributed by atoms with Crippen molar-refractivity contribution in [2.45, 2.75) is 4.59 Å². The Morgan fingerprint density at radius 1 is 1.10 bits per heavy atom. The summed E-state index contributed by atoms with van der Waals surface area (Å²) in [5, 5.41) is 16.1. The molecule has 0 spiro atoms. The molecule has 0 aromatic carbocycles. The van der Waals surface area contributed by atoms with E-state index in [0.717, 1.165) is 0 Å². The number of hydrogen-bond acceptors (Lipinski definition) is 10. The van der Waals surface area contributed by atoms with Crippen molar-refractivity contribution >= 4 is 39.5 Å². The Balaban J connectivity index is -0.00000162. The van der Waals surface area contributed by atoms with E-state index in [1.807, 2.05) is 0 Å². The van der Waals surface area contributed by atoms with Crippen LogP contribution in [-0.2, 0) is 38.7 Å². The first-order chi connectivity index (χ1) is 8.22. The minimum Gasteiger partial charge on any atom is -1.00 e. The van der Waals surface area contributed by atoms with Crippen LogP contribution < -0.4 is 18.9 Å². The maximum Gasteiger partial charge on any atom is 1.00 e. The van der Waals surface area contributed by atoms with Gasteiger partial charge in [-0.1, -0.05) is 0 Å². The van der Waals surface area contributed by atoms with E-state index in [1.54, 1.807) is 0 Å². The molecule has 0 aliphatic heterocycles. The number of halogens is 2. The molecule has 0 bridgehead atoms. The van der Waals surface area contributed by atoms with Crippen molar-refractivity contribution in [3.8, 4) is 0 Å². The summed E-state index contributed by atoms with van der Waals surface area (Å²) in [6.07, 6.45) is 0. The second-order valence-corrected chi connectivity index (χ2v) is 5.80. The molecule has 0 fully saturated rings. The topological polar surface area (TPSA) is 182 Å². The van der Waals surface area contributed by atoms with Gasteiger partial charge in [0.2, 0.25) is 0 Å². The Hall–Kier alpha value is -0.758. The molecule has 0 heterocycles. The van der Waals surface area contributed by atoms with Crippen LogP contribution in [0.5, 0.6) is 0 Å². The Labute approximate surface area is 123 Å². The fourth-order valence-corrected chi connectivity index (χ4v) is 1.95. The number of hydrogen-bond donors (Lipinski definition) is 3. The summed E-state index contributed by atoms with van der Waals surface area (Å²) < 4.78 is 74.8. The van der Waals surface area contributed by atoms with Gasteiger partial charge in [-0.3, -0.25) is 4.55 Å². The van der Waals surface area contributed by atoms with Gasteiger partial charge in [-0.25, -0.2) is 9.59 Å². The third kappa shape index (κ3) is 4.97. The predicted octanol–water partition coefficient (Wildman–Crippen LogP) is -6.07. The number of carbonyl (C=O) groups is 2. The first kappa shape index (κ1) is 21.5. The zero-order valence-electron chi connectivity index (χ0n) is 10.3. The Morgan fingerprint density at radius 3 is 1.80 bits per heavy atom. The molecule has 0 radical (unpaired) electrons. The van der Waals surface area contributed by atoms with E-state index >= 15 is 0 Å². The standard InChI is InChI=1S/C3H3BF2O11S2.Li.H/c5-3(6,18(11,12)13)19(14,15)17-2(8)1(7)16-4(9)10;;/h9-10H,(H,11,12,13);;/q;+1;-1. The quantitative estimate of drug-likeness (QED) is 0.192. The van der Waals surface area contributed by atoms with Gasteiger partial charge in [0.25, 0.3) is 0 Å². The van der Waals surface area contributed by atoms with Crippen LogP contribution in [0.1, 0.15) is 1.43 Å². The fourth-order valence-electron chi connectivity index (χ4n) is 0.455. The van der Waals surface area contributed by atoms with Crippen molar-refractivity contribution in [1.82, 2.24) is 0 Å². The summed E-state index contributed by atoms with van der Waals surface area (Å²) in [6, 6.07) is 0. The van der Waals surface area contributed by atoms with Crippen LogP contribution in [0.15, 0.2) is 0 Å². The summed E-state index contributed by atoms with van der Waals surface area (Å²) in [5.74, 6) is -5.12. The van der Waals surface area contributed by atoms with Gasteiger partial charge >= 0.3 is 62.9 Å².